The highest BCUT2D eigenvalue weighted by molar-refractivity contribution is 7.91. The van der Waals surface area contributed by atoms with Crippen molar-refractivity contribution in [3.63, 3.8) is 0 Å². The van der Waals surface area contributed by atoms with Crippen molar-refractivity contribution in [3.8, 4) is 0 Å². The Hall–Kier alpha value is -2.15. The van der Waals surface area contributed by atoms with E-state index >= 15 is 0 Å². The van der Waals surface area contributed by atoms with Gasteiger partial charge in [0.15, 0.2) is 0 Å². The molecule has 0 amide bonds. The molecule has 0 bridgehead atoms. The van der Waals surface area contributed by atoms with E-state index < -0.39 is 21.6 Å². The Morgan fingerprint density at radius 1 is 1.26 bits per heavy atom. The van der Waals surface area contributed by atoms with E-state index in [1.54, 1.807) is 18.2 Å². The van der Waals surface area contributed by atoms with Gasteiger partial charge < -0.3 is 9.26 Å². The molecule has 0 saturated heterocycles. The molecule has 0 fully saturated rings. The topological polar surface area (TPSA) is 86.5 Å². The smallest absolute Gasteiger partial charge is 0.378 e. The summed E-state index contributed by atoms with van der Waals surface area (Å²) in [6.45, 7) is 1.45. The Balaban J connectivity index is 2.66. The Morgan fingerprint density at radius 3 is 2.47 bits per heavy atom. The summed E-state index contributed by atoms with van der Waals surface area (Å²) in [6.07, 6.45) is 0. The van der Waals surface area contributed by atoms with Gasteiger partial charge in [-0.1, -0.05) is 23.4 Å². The number of sulfone groups is 1. The largest absolute Gasteiger partial charge is 0.463 e. The summed E-state index contributed by atoms with van der Waals surface area (Å²) in [4.78, 5) is 11.3. The van der Waals surface area contributed by atoms with Crippen molar-refractivity contribution >= 4 is 15.8 Å². The van der Waals surface area contributed by atoms with Gasteiger partial charge in [-0.05, 0) is 19.1 Å². The standard InChI is InChI=1S/C12H11NO5S/c1-8-11(10(18-13-8)12(14)17-2)19(15,16)9-6-4-3-5-7-9/h3-7H,1-2H3. The van der Waals surface area contributed by atoms with Gasteiger partial charge in [0, 0.05) is 0 Å². The molecule has 100 valence electrons. The van der Waals surface area contributed by atoms with Crippen LogP contribution in [0.2, 0.25) is 0 Å². The van der Waals surface area contributed by atoms with E-state index in [4.69, 9.17) is 4.52 Å². The van der Waals surface area contributed by atoms with Crippen LogP contribution in [0.4, 0.5) is 0 Å². The van der Waals surface area contributed by atoms with Crippen LogP contribution in [0.5, 0.6) is 0 Å². The predicted molar refractivity (Wildman–Crippen MR) is 64.5 cm³/mol. The molecule has 2 rings (SSSR count). The SMILES string of the molecule is COC(=O)c1onc(C)c1S(=O)(=O)c1ccccc1. The van der Waals surface area contributed by atoms with Crippen molar-refractivity contribution in [2.24, 2.45) is 0 Å². The summed E-state index contributed by atoms with van der Waals surface area (Å²) in [6, 6.07) is 7.74. The van der Waals surface area contributed by atoms with Crippen molar-refractivity contribution < 1.29 is 22.5 Å². The van der Waals surface area contributed by atoms with E-state index in [2.05, 4.69) is 9.89 Å². The molecule has 1 heterocycles. The molecule has 1 aromatic heterocycles. The van der Waals surface area contributed by atoms with Crippen molar-refractivity contribution in [2.75, 3.05) is 7.11 Å². The second-order valence-corrected chi connectivity index (χ2v) is 5.62. The van der Waals surface area contributed by atoms with Gasteiger partial charge in [-0.3, -0.25) is 0 Å². The van der Waals surface area contributed by atoms with E-state index in [-0.39, 0.29) is 15.5 Å². The maximum absolute atomic E-state index is 12.4. The number of hydrogen-bond acceptors (Lipinski definition) is 6. The van der Waals surface area contributed by atoms with Gasteiger partial charge in [0.05, 0.1) is 12.0 Å². The molecule has 0 saturated carbocycles. The van der Waals surface area contributed by atoms with Crippen molar-refractivity contribution in [1.82, 2.24) is 5.16 Å². The van der Waals surface area contributed by atoms with Gasteiger partial charge in [-0.15, -0.1) is 0 Å². The van der Waals surface area contributed by atoms with Crippen LogP contribution in [0.1, 0.15) is 16.2 Å². The fraction of sp³-hybridized carbons (Fsp3) is 0.167. The molecule has 0 aliphatic heterocycles. The summed E-state index contributed by atoms with van der Waals surface area (Å²) < 4.78 is 34.1. The minimum absolute atomic E-state index is 0.0615. The molecule has 6 nitrogen and oxygen atoms in total. The number of aromatic nitrogens is 1. The van der Waals surface area contributed by atoms with Crippen LogP contribution in [0.15, 0.2) is 44.6 Å². The van der Waals surface area contributed by atoms with Crippen LogP contribution in [0.3, 0.4) is 0 Å². The highest BCUT2D eigenvalue weighted by Crippen LogP contribution is 2.27. The van der Waals surface area contributed by atoms with Crippen LogP contribution in [0.25, 0.3) is 0 Å². The normalized spacial score (nSPS) is 11.3. The third-order valence-electron chi connectivity index (χ3n) is 2.50. The lowest BCUT2D eigenvalue weighted by Crippen LogP contribution is -2.10. The lowest BCUT2D eigenvalue weighted by atomic mass is 10.4. The molecule has 0 N–H and O–H groups in total. The van der Waals surface area contributed by atoms with Gasteiger partial charge in [0.2, 0.25) is 9.84 Å². The molecule has 1 aromatic carbocycles. The fourth-order valence-corrected chi connectivity index (χ4v) is 3.16. The van der Waals surface area contributed by atoms with Crippen LogP contribution in [-0.4, -0.2) is 26.7 Å². The molecule has 0 radical (unpaired) electrons. The van der Waals surface area contributed by atoms with Crippen LogP contribution in [0, 0.1) is 6.92 Å². The number of nitrogens with zero attached hydrogens (tertiary/aromatic N) is 1. The summed E-state index contributed by atoms with van der Waals surface area (Å²) in [5, 5.41) is 3.52. The van der Waals surface area contributed by atoms with Crippen molar-refractivity contribution in [1.29, 1.82) is 0 Å². The Bertz CT molecular complexity index is 703. The maximum atomic E-state index is 12.4. The summed E-state index contributed by atoms with van der Waals surface area (Å²) in [7, 11) is -2.73. The average molecular weight is 281 g/mol. The van der Waals surface area contributed by atoms with Gasteiger partial charge in [0.1, 0.15) is 10.6 Å². The molecular formula is C12H11NO5S. The zero-order valence-electron chi connectivity index (χ0n) is 10.3. The molecular weight excluding hydrogens is 270 g/mol. The van der Waals surface area contributed by atoms with E-state index in [1.165, 1.54) is 19.1 Å². The minimum Gasteiger partial charge on any atom is -0.463 e. The molecule has 0 aliphatic carbocycles. The number of carbonyl (C=O) groups is 1. The number of ether oxygens (including phenoxy) is 1. The number of benzene rings is 1. The van der Waals surface area contributed by atoms with Gasteiger partial charge in [0.25, 0.3) is 5.76 Å². The maximum Gasteiger partial charge on any atom is 0.378 e. The molecule has 0 unspecified atom stereocenters. The Labute approximate surface area is 109 Å². The van der Waals surface area contributed by atoms with Gasteiger partial charge in [-0.2, -0.15) is 0 Å². The third-order valence-corrected chi connectivity index (χ3v) is 4.41. The Morgan fingerprint density at radius 2 is 1.89 bits per heavy atom. The van der Waals surface area contributed by atoms with Crippen LogP contribution >= 0.6 is 0 Å². The van der Waals surface area contributed by atoms with Crippen molar-refractivity contribution in [2.45, 2.75) is 16.7 Å². The number of rotatable bonds is 3. The summed E-state index contributed by atoms with van der Waals surface area (Å²) in [5.41, 5.74) is 0.115. The average Bonchev–Trinajstić information content (AvgIpc) is 2.81. The third kappa shape index (κ3) is 2.24. The zero-order valence-corrected chi connectivity index (χ0v) is 11.1. The first-order chi connectivity index (χ1) is 8.98. The van der Waals surface area contributed by atoms with Crippen LogP contribution in [-0.2, 0) is 14.6 Å². The van der Waals surface area contributed by atoms with Gasteiger partial charge >= 0.3 is 5.97 Å². The second-order valence-electron chi connectivity index (χ2n) is 3.73. The first kappa shape index (κ1) is 13.3. The van der Waals surface area contributed by atoms with E-state index in [9.17, 15) is 13.2 Å². The van der Waals surface area contributed by atoms with E-state index in [0.29, 0.717) is 0 Å². The number of hydrogen-bond donors (Lipinski definition) is 0. The molecule has 2 aromatic rings. The first-order valence-electron chi connectivity index (χ1n) is 5.33. The summed E-state index contributed by atoms with van der Waals surface area (Å²) >= 11 is 0. The number of aryl methyl sites for hydroxylation is 1. The molecule has 0 atom stereocenters. The minimum atomic E-state index is -3.87. The quantitative estimate of drug-likeness (QED) is 0.794. The monoisotopic (exact) mass is 281 g/mol. The predicted octanol–water partition coefficient (Wildman–Crippen LogP) is 1.60. The zero-order chi connectivity index (χ0) is 14.0. The lowest BCUT2D eigenvalue weighted by molar-refractivity contribution is 0.0548. The lowest BCUT2D eigenvalue weighted by Gasteiger charge is -2.03. The second kappa shape index (κ2) is 4.85. The number of esters is 1. The fourth-order valence-electron chi connectivity index (χ4n) is 1.62. The summed E-state index contributed by atoms with van der Waals surface area (Å²) in [5.74, 6) is -1.29. The molecule has 0 spiro atoms. The Kier molecular flexibility index (Phi) is 3.39. The van der Waals surface area contributed by atoms with Gasteiger partial charge in [-0.25, -0.2) is 13.2 Å². The highest BCUT2D eigenvalue weighted by Gasteiger charge is 2.32. The van der Waals surface area contributed by atoms with E-state index in [1.807, 2.05) is 0 Å². The van der Waals surface area contributed by atoms with E-state index in [0.717, 1.165) is 7.11 Å². The highest BCUT2D eigenvalue weighted by atomic mass is 32.2. The molecule has 19 heavy (non-hydrogen) atoms. The first-order valence-corrected chi connectivity index (χ1v) is 6.81. The van der Waals surface area contributed by atoms with Crippen LogP contribution < -0.4 is 0 Å². The molecule has 0 aliphatic rings. The number of carbonyl (C=O) groups excluding carboxylic acids is 1. The van der Waals surface area contributed by atoms with Crippen molar-refractivity contribution in [3.05, 3.63) is 41.8 Å². The number of methoxy groups -OCH3 is 1. The molecule has 7 heteroatoms.